The summed E-state index contributed by atoms with van der Waals surface area (Å²) in [6, 6.07) is 6.09. The van der Waals surface area contributed by atoms with E-state index in [4.69, 9.17) is 4.55 Å². The van der Waals surface area contributed by atoms with Crippen LogP contribution in [0.5, 0.6) is 0 Å². The first-order valence-corrected chi connectivity index (χ1v) is 8.32. The molecule has 1 aromatic rings. The summed E-state index contributed by atoms with van der Waals surface area (Å²) in [5.41, 5.74) is 0.120. The highest BCUT2D eigenvalue weighted by Gasteiger charge is 2.31. The average Bonchev–Trinajstić information content (AvgIpc) is 2.59. The normalized spacial score (nSPS) is 14.9. The van der Waals surface area contributed by atoms with Gasteiger partial charge in [0.15, 0.2) is 0 Å². The third-order valence-electron chi connectivity index (χ3n) is 2.18. The second-order valence-electron chi connectivity index (χ2n) is 4.01. The predicted octanol–water partition coefficient (Wildman–Crippen LogP) is 0.0272. The summed E-state index contributed by atoms with van der Waals surface area (Å²) < 4.78 is 55.2. The van der Waals surface area contributed by atoms with Crippen LogP contribution in [-0.4, -0.2) is 33.3 Å². The number of hydrogen-bond donors (Lipinski definition) is 2. The topological polar surface area (TPSA) is 144 Å². The van der Waals surface area contributed by atoms with Crippen molar-refractivity contribution in [3.8, 4) is 0 Å². The molecule has 1 aliphatic rings. The van der Waals surface area contributed by atoms with Crippen molar-refractivity contribution in [3.05, 3.63) is 42.0 Å². The summed E-state index contributed by atoms with van der Waals surface area (Å²) >= 11 is 0. The maximum Gasteiger partial charge on any atom is 0.449 e. The zero-order chi connectivity index (χ0) is 17.1. The largest absolute Gasteiger partial charge is 0.449 e. The molecule has 1 heterocycles. The molecule has 0 fully saturated rings. The summed E-state index contributed by atoms with van der Waals surface area (Å²) in [5, 5.41) is 0. The van der Waals surface area contributed by atoms with Gasteiger partial charge in [0.05, 0.1) is 5.56 Å². The zero-order valence-corrected chi connectivity index (χ0v) is 12.8. The Labute approximate surface area is 126 Å². The maximum atomic E-state index is 11.1. The Morgan fingerprint density at radius 1 is 1.32 bits per heavy atom. The van der Waals surface area contributed by atoms with E-state index in [1.54, 1.807) is 12.1 Å². The molecule has 2 rings (SSSR count). The fourth-order valence-corrected chi connectivity index (χ4v) is 2.79. The van der Waals surface area contributed by atoms with E-state index in [0.29, 0.717) is 0 Å². The fraction of sp³-hybridized carbons (Fsp3) is 0.0909. The fourth-order valence-electron chi connectivity index (χ4n) is 1.29. The van der Waals surface area contributed by atoms with Crippen LogP contribution in [0.1, 0.15) is 17.3 Å². The molecule has 1 amide bonds. The number of carbonyl (C=O) groups excluding carboxylic acids is 2. The van der Waals surface area contributed by atoms with E-state index in [2.05, 4.69) is 10.8 Å². The van der Waals surface area contributed by atoms with Gasteiger partial charge in [-0.1, -0.05) is 18.7 Å². The minimum atomic E-state index is -4.68. The van der Waals surface area contributed by atoms with Crippen molar-refractivity contribution in [2.45, 2.75) is 11.8 Å². The second-order valence-corrected chi connectivity index (χ2v) is 6.68. The number of amides is 1. The quantitative estimate of drug-likeness (QED) is 0.562. The van der Waals surface area contributed by atoms with Crippen LogP contribution in [0.25, 0.3) is 0 Å². The first-order chi connectivity index (χ1) is 9.94. The molecule has 2 N–H and O–H groups in total. The Kier molecular flexibility index (Phi) is 5.06. The molecule has 0 unspecified atom stereocenters. The molecule has 120 valence electrons. The van der Waals surface area contributed by atoms with E-state index in [0.717, 1.165) is 0 Å². The summed E-state index contributed by atoms with van der Waals surface area (Å²) in [7, 11) is -8.23. The third-order valence-corrected chi connectivity index (χ3v) is 3.93. The molecule has 1 aromatic carbocycles. The van der Waals surface area contributed by atoms with Gasteiger partial charge in [-0.05, 0) is 19.1 Å². The van der Waals surface area contributed by atoms with E-state index in [9.17, 15) is 26.4 Å². The van der Waals surface area contributed by atoms with Crippen molar-refractivity contribution < 1.29 is 35.2 Å². The summed E-state index contributed by atoms with van der Waals surface area (Å²) in [5.74, 6) is -1.71. The van der Waals surface area contributed by atoms with Crippen molar-refractivity contribution in [1.29, 1.82) is 0 Å². The molecule has 11 heteroatoms. The molecule has 0 aliphatic carbocycles. The van der Waals surface area contributed by atoms with E-state index in [1.807, 2.05) is 4.72 Å². The van der Waals surface area contributed by atoms with E-state index < -0.39 is 32.3 Å². The maximum absolute atomic E-state index is 11.1. The van der Waals surface area contributed by atoms with Gasteiger partial charge in [-0.15, -0.1) is 0 Å². The van der Waals surface area contributed by atoms with E-state index in [-0.39, 0.29) is 16.0 Å². The minimum absolute atomic E-state index is 0.0648. The number of fused-ring (bicyclic) bond motifs is 1. The lowest BCUT2D eigenvalue weighted by atomic mass is 10.2. The lowest BCUT2D eigenvalue weighted by Crippen LogP contribution is -2.20. The first-order valence-electron chi connectivity index (χ1n) is 5.47. The highest BCUT2D eigenvalue weighted by molar-refractivity contribution is 7.90. The Morgan fingerprint density at radius 3 is 2.27 bits per heavy atom. The number of nitrogens with one attached hydrogen (secondary N) is 1. The molecule has 22 heavy (non-hydrogen) atoms. The molecule has 0 bridgehead atoms. The van der Waals surface area contributed by atoms with E-state index in [1.165, 1.54) is 19.1 Å². The van der Waals surface area contributed by atoms with Crippen molar-refractivity contribution in [3.63, 3.8) is 0 Å². The smallest absolute Gasteiger partial charge is 0.321 e. The zero-order valence-electron chi connectivity index (χ0n) is 11.1. The molecule has 0 radical (unpaired) electrons. The molecule has 0 aromatic heterocycles. The van der Waals surface area contributed by atoms with Crippen LogP contribution >= 0.6 is 0 Å². The molecular formula is C11H11NO8S2. The molecule has 0 saturated carbocycles. The van der Waals surface area contributed by atoms with Gasteiger partial charge in [0, 0.05) is 5.57 Å². The standard InChI is InChI=1S/C7H5NO3S.C4H6O5S/c9-7-5-3-1-2-4-6(5)12(10,11)8-7;1-3(2)4(5)9-10(6,7)8/h1-4H,(H,8,9);1H2,2H3,(H,6,7,8). The van der Waals surface area contributed by atoms with Gasteiger partial charge in [0.1, 0.15) is 4.90 Å². The van der Waals surface area contributed by atoms with Crippen LogP contribution in [0.15, 0.2) is 41.3 Å². The third kappa shape index (κ3) is 4.65. The Bertz CT molecular complexity index is 839. The molecule has 9 nitrogen and oxygen atoms in total. The van der Waals surface area contributed by atoms with Gasteiger partial charge < -0.3 is 4.18 Å². The van der Waals surface area contributed by atoms with Gasteiger partial charge in [0.25, 0.3) is 15.9 Å². The van der Waals surface area contributed by atoms with Gasteiger partial charge in [0.2, 0.25) is 0 Å². The van der Waals surface area contributed by atoms with Crippen LogP contribution in [0, 0.1) is 0 Å². The minimum Gasteiger partial charge on any atom is -0.321 e. The highest BCUT2D eigenvalue weighted by atomic mass is 32.3. The SMILES string of the molecule is C=C(C)C(=O)OS(=O)(=O)O.O=C1NS(=O)(=O)c2ccccc21. The predicted molar refractivity (Wildman–Crippen MR) is 73.5 cm³/mol. The highest BCUT2D eigenvalue weighted by Crippen LogP contribution is 2.20. The van der Waals surface area contributed by atoms with Crippen LogP contribution in [-0.2, 0) is 29.4 Å². The lowest BCUT2D eigenvalue weighted by Gasteiger charge is -1.96. The molecule has 0 saturated heterocycles. The molecule has 0 spiro atoms. The molecule has 1 aliphatic heterocycles. The molecular weight excluding hydrogens is 338 g/mol. The number of sulfonamides is 1. The lowest BCUT2D eigenvalue weighted by molar-refractivity contribution is -0.130. The number of carbonyl (C=O) groups is 2. The first kappa shape index (κ1) is 17.8. The Morgan fingerprint density at radius 2 is 1.86 bits per heavy atom. The Balaban J connectivity index is 0.000000225. The van der Waals surface area contributed by atoms with Crippen LogP contribution in [0.4, 0.5) is 0 Å². The number of rotatable bonds is 2. The van der Waals surface area contributed by atoms with Gasteiger partial charge in [-0.25, -0.2) is 17.9 Å². The molecule has 0 atom stereocenters. The summed E-state index contributed by atoms with van der Waals surface area (Å²) in [4.78, 5) is 21.4. The van der Waals surface area contributed by atoms with Crippen molar-refractivity contribution in [2.24, 2.45) is 0 Å². The summed E-state index contributed by atoms with van der Waals surface area (Å²) in [6.07, 6.45) is 0. The van der Waals surface area contributed by atoms with Crippen molar-refractivity contribution in [2.75, 3.05) is 0 Å². The van der Waals surface area contributed by atoms with Crippen LogP contribution in [0.2, 0.25) is 0 Å². The monoisotopic (exact) mass is 349 g/mol. The number of benzene rings is 1. The van der Waals surface area contributed by atoms with Gasteiger partial charge in [-0.3, -0.25) is 9.35 Å². The summed E-state index contributed by atoms with van der Waals surface area (Å²) in [6.45, 7) is 4.35. The van der Waals surface area contributed by atoms with Gasteiger partial charge >= 0.3 is 16.4 Å². The van der Waals surface area contributed by atoms with E-state index >= 15 is 0 Å². The second kappa shape index (κ2) is 6.25. The van der Waals surface area contributed by atoms with Gasteiger partial charge in [-0.2, -0.15) is 8.42 Å². The van der Waals surface area contributed by atoms with Crippen LogP contribution < -0.4 is 4.72 Å². The Hall–Kier alpha value is -2.24. The van der Waals surface area contributed by atoms with Crippen molar-refractivity contribution >= 4 is 32.3 Å². The van der Waals surface area contributed by atoms with Crippen LogP contribution in [0.3, 0.4) is 0 Å². The van der Waals surface area contributed by atoms with Crippen molar-refractivity contribution in [1.82, 2.24) is 4.72 Å². The number of hydrogen-bond acceptors (Lipinski definition) is 7. The average molecular weight is 349 g/mol.